The molecule has 2 aromatic rings. The topological polar surface area (TPSA) is 25.2 Å². The lowest BCUT2D eigenvalue weighted by Crippen LogP contribution is -2.14. The lowest BCUT2D eigenvalue weighted by Gasteiger charge is -2.07. The molecule has 110 valence electrons. The molecule has 0 aliphatic heterocycles. The van der Waals surface area contributed by atoms with Crippen molar-refractivity contribution in [2.75, 3.05) is 6.54 Å². The van der Waals surface area contributed by atoms with Gasteiger partial charge in [-0.05, 0) is 31.4 Å². The average Bonchev–Trinajstić information content (AvgIpc) is 2.67. The average molecular weight is 314 g/mol. The van der Waals surface area contributed by atoms with Gasteiger partial charge in [-0.25, -0.2) is 0 Å². The Morgan fingerprint density at radius 2 is 2.00 bits per heavy atom. The van der Waals surface area contributed by atoms with Gasteiger partial charge in [0.15, 0.2) is 0 Å². The van der Waals surface area contributed by atoms with Gasteiger partial charge in [0.1, 0.15) is 11.3 Å². The highest BCUT2D eigenvalue weighted by molar-refractivity contribution is 6.38. The number of rotatable bonds is 6. The molecule has 1 aromatic heterocycles. The Balaban J connectivity index is 2.46. The van der Waals surface area contributed by atoms with E-state index in [9.17, 15) is 0 Å². The van der Waals surface area contributed by atoms with Gasteiger partial charge in [-0.3, -0.25) is 0 Å². The number of hydrogen-bond donors (Lipinski definition) is 1. The Morgan fingerprint density at radius 3 is 2.65 bits per heavy atom. The molecular formula is C16H21Cl2NO. The van der Waals surface area contributed by atoms with Gasteiger partial charge in [0.05, 0.1) is 11.6 Å². The third-order valence-corrected chi connectivity index (χ3v) is 3.73. The first-order chi connectivity index (χ1) is 9.52. The number of furan rings is 1. The highest BCUT2D eigenvalue weighted by Crippen LogP contribution is 2.35. The second-order valence-corrected chi connectivity index (χ2v) is 6.38. The molecule has 4 heteroatoms. The summed E-state index contributed by atoms with van der Waals surface area (Å²) in [6, 6.07) is 3.63. The van der Waals surface area contributed by atoms with Crippen molar-refractivity contribution in [3.05, 3.63) is 33.5 Å². The molecule has 0 bridgehead atoms. The van der Waals surface area contributed by atoms with E-state index in [-0.39, 0.29) is 0 Å². The standard InChI is InChI=1S/C16H21Cl2NO/c1-4-5-19-9-15-12(6-10(2)3)16-13(18)7-11(17)8-14(16)20-15/h7-8,10,19H,4-6,9H2,1-3H3. The van der Waals surface area contributed by atoms with Crippen LogP contribution < -0.4 is 5.32 Å². The summed E-state index contributed by atoms with van der Waals surface area (Å²) in [5.74, 6) is 1.53. The van der Waals surface area contributed by atoms with Gasteiger partial charge in [-0.1, -0.05) is 44.0 Å². The number of hydrogen-bond acceptors (Lipinski definition) is 2. The minimum Gasteiger partial charge on any atom is -0.459 e. The van der Waals surface area contributed by atoms with E-state index in [0.717, 1.165) is 42.7 Å². The normalized spacial score (nSPS) is 11.7. The number of fused-ring (bicyclic) bond motifs is 1. The summed E-state index contributed by atoms with van der Waals surface area (Å²) in [5.41, 5.74) is 1.99. The minimum atomic E-state index is 0.549. The fraction of sp³-hybridized carbons (Fsp3) is 0.500. The molecule has 0 saturated heterocycles. The second kappa shape index (κ2) is 6.84. The van der Waals surface area contributed by atoms with Crippen LogP contribution in [0, 0.1) is 5.92 Å². The molecule has 1 N–H and O–H groups in total. The molecule has 0 fully saturated rings. The van der Waals surface area contributed by atoms with E-state index < -0.39 is 0 Å². The Bertz CT molecular complexity index is 590. The van der Waals surface area contributed by atoms with Crippen LogP contribution in [0.2, 0.25) is 10.0 Å². The molecule has 0 radical (unpaired) electrons. The first-order valence-corrected chi connectivity index (χ1v) is 7.88. The number of halogens is 2. The molecule has 0 unspecified atom stereocenters. The van der Waals surface area contributed by atoms with E-state index in [1.54, 1.807) is 6.07 Å². The molecule has 1 heterocycles. The third kappa shape index (κ3) is 3.49. The second-order valence-electron chi connectivity index (χ2n) is 5.54. The first kappa shape index (κ1) is 15.7. The van der Waals surface area contributed by atoms with Gasteiger partial charge >= 0.3 is 0 Å². The largest absolute Gasteiger partial charge is 0.459 e. The molecule has 20 heavy (non-hydrogen) atoms. The predicted molar refractivity (Wildman–Crippen MR) is 86.8 cm³/mol. The zero-order chi connectivity index (χ0) is 14.7. The first-order valence-electron chi connectivity index (χ1n) is 7.13. The molecule has 0 saturated carbocycles. The van der Waals surface area contributed by atoms with E-state index in [1.165, 1.54) is 5.56 Å². The van der Waals surface area contributed by atoms with Crippen LogP contribution in [0.1, 0.15) is 38.5 Å². The molecule has 2 nitrogen and oxygen atoms in total. The van der Waals surface area contributed by atoms with Crippen LogP contribution in [0.15, 0.2) is 16.5 Å². The van der Waals surface area contributed by atoms with Crippen LogP contribution in [0.4, 0.5) is 0 Å². The van der Waals surface area contributed by atoms with Crippen molar-refractivity contribution in [1.82, 2.24) is 5.32 Å². The van der Waals surface area contributed by atoms with Crippen LogP contribution >= 0.6 is 23.2 Å². The molecule has 0 atom stereocenters. The summed E-state index contributed by atoms with van der Waals surface area (Å²) in [6.45, 7) is 8.26. The summed E-state index contributed by atoms with van der Waals surface area (Å²) >= 11 is 12.4. The lowest BCUT2D eigenvalue weighted by molar-refractivity contribution is 0.501. The van der Waals surface area contributed by atoms with Crippen molar-refractivity contribution in [2.24, 2.45) is 5.92 Å². The van der Waals surface area contributed by atoms with Crippen LogP contribution in [0.25, 0.3) is 11.0 Å². The zero-order valence-electron chi connectivity index (χ0n) is 12.2. The Hall–Kier alpha value is -0.700. The lowest BCUT2D eigenvalue weighted by atomic mass is 9.99. The van der Waals surface area contributed by atoms with Gasteiger partial charge in [-0.2, -0.15) is 0 Å². The highest BCUT2D eigenvalue weighted by Gasteiger charge is 2.18. The van der Waals surface area contributed by atoms with E-state index >= 15 is 0 Å². The van der Waals surface area contributed by atoms with E-state index in [4.69, 9.17) is 27.6 Å². The highest BCUT2D eigenvalue weighted by atomic mass is 35.5. The quantitative estimate of drug-likeness (QED) is 0.718. The van der Waals surface area contributed by atoms with Crippen LogP contribution in [0.3, 0.4) is 0 Å². The van der Waals surface area contributed by atoms with Gasteiger partial charge < -0.3 is 9.73 Å². The summed E-state index contributed by atoms with van der Waals surface area (Å²) in [7, 11) is 0. The van der Waals surface area contributed by atoms with E-state index in [2.05, 4.69) is 26.1 Å². The summed E-state index contributed by atoms with van der Waals surface area (Å²) in [6.07, 6.45) is 2.06. The van der Waals surface area contributed by atoms with E-state index in [0.29, 0.717) is 16.0 Å². The maximum Gasteiger partial charge on any atom is 0.137 e. The molecule has 1 aromatic carbocycles. The molecule has 2 rings (SSSR count). The van der Waals surface area contributed by atoms with Crippen molar-refractivity contribution < 1.29 is 4.42 Å². The van der Waals surface area contributed by atoms with Crippen molar-refractivity contribution in [1.29, 1.82) is 0 Å². The monoisotopic (exact) mass is 313 g/mol. The van der Waals surface area contributed by atoms with Crippen molar-refractivity contribution in [3.8, 4) is 0 Å². The zero-order valence-corrected chi connectivity index (χ0v) is 13.7. The molecule has 0 aliphatic carbocycles. The van der Waals surface area contributed by atoms with Crippen molar-refractivity contribution in [3.63, 3.8) is 0 Å². The van der Waals surface area contributed by atoms with Gasteiger partial charge in [0.25, 0.3) is 0 Å². The van der Waals surface area contributed by atoms with Gasteiger partial charge in [0.2, 0.25) is 0 Å². The van der Waals surface area contributed by atoms with Gasteiger partial charge in [-0.15, -0.1) is 0 Å². The predicted octanol–water partition coefficient (Wildman–Crippen LogP) is 5.44. The van der Waals surface area contributed by atoms with Gasteiger partial charge in [0, 0.05) is 22.0 Å². The van der Waals surface area contributed by atoms with Crippen LogP contribution in [0.5, 0.6) is 0 Å². The Morgan fingerprint density at radius 1 is 1.25 bits per heavy atom. The summed E-state index contributed by atoms with van der Waals surface area (Å²) in [4.78, 5) is 0. The Kier molecular flexibility index (Phi) is 5.36. The molecule has 0 spiro atoms. The molecule has 0 aliphatic rings. The number of benzene rings is 1. The maximum absolute atomic E-state index is 6.36. The van der Waals surface area contributed by atoms with Crippen molar-refractivity contribution >= 4 is 34.2 Å². The summed E-state index contributed by atoms with van der Waals surface area (Å²) < 4.78 is 5.98. The third-order valence-electron chi connectivity index (χ3n) is 3.22. The smallest absolute Gasteiger partial charge is 0.137 e. The molecule has 0 amide bonds. The SMILES string of the molecule is CCCNCc1oc2cc(Cl)cc(Cl)c2c1CC(C)C. The fourth-order valence-corrected chi connectivity index (χ4v) is 2.99. The Labute approximate surface area is 130 Å². The van der Waals surface area contributed by atoms with Crippen LogP contribution in [-0.2, 0) is 13.0 Å². The molecular weight excluding hydrogens is 293 g/mol. The van der Waals surface area contributed by atoms with E-state index in [1.807, 2.05) is 6.07 Å². The summed E-state index contributed by atoms with van der Waals surface area (Å²) in [5, 5.41) is 5.69. The fourth-order valence-electron chi connectivity index (χ4n) is 2.40. The number of nitrogens with one attached hydrogen (secondary N) is 1. The minimum absolute atomic E-state index is 0.549. The van der Waals surface area contributed by atoms with Crippen LogP contribution in [-0.4, -0.2) is 6.54 Å². The van der Waals surface area contributed by atoms with Crippen molar-refractivity contribution in [2.45, 2.75) is 40.2 Å². The maximum atomic E-state index is 6.36.